The Morgan fingerprint density at radius 2 is 1.68 bits per heavy atom. The van der Waals surface area contributed by atoms with Gasteiger partial charge in [0.1, 0.15) is 0 Å². The maximum Gasteiger partial charge on any atom is 0.368 e. The number of rotatable bonds is 11. The highest BCUT2D eigenvalue weighted by Crippen LogP contribution is 2.43. The zero-order valence-electron chi connectivity index (χ0n) is 11.9. The number of hydrogen-bond donors (Lipinski definition) is 1. The molecule has 0 aliphatic rings. The van der Waals surface area contributed by atoms with E-state index in [0.29, 0.717) is 6.42 Å². The van der Waals surface area contributed by atoms with Crippen molar-refractivity contribution in [1.29, 1.82) is 0 Å². The van der Waals surface area contributed by atoms with Crippen LogP contribution in [-0.2, 0) is 18.9 Å². The lowest BCUT2D eigenvalue weighted by Crippen LogP contribution is -2.06. The topological polar surface area (TPSA) is 72.8 Å². The molecule has 0 aromatic rings. The molecule has 19 heavy (non-hydrogen) atoms. The molecule has 112 valence electrons. The van der Waals surface area contributed by atoms with Crippen molar-refractivity contribution in [2.24, 2.45) is 0 Å². The minimum Gasteiger partial charge on any atom is -0.322 e. The van der Waals surface area contributed by atoms with Gasteiger partial charge in [-0.3, -0.25) is 9.45 Å². The first-order chi connectivity index (χ1) is 8.89. The van der Waals surface area contributed by atoms with Crippen LogP contribution in [0.15, 0.2) is 12.2 Å². The van der Waals surface area contributed by atoms with Crippen LogP contribution in [0.1, 0.15) is 58.8 Å². The lowest BCUT2D eigenvalue weighted by Gasteiger charge is -2.10. The van der Waals surface area contributed by atoms with E-state index in [-0.39, 0.29) is 11.7 Å². The van der Waals surface area contributed by atoms with Gasteiger partial charge in [0.2, 0.25) is 0 Å². The van der Waals surface area contributed by atoms with Gasteiger partial charge < -0.3 is 4.89 Å². The van der Waals surface area contributed by atoms with Crippen LogP contribution < -0.4 is 0 Å². The maximum absolute atomic E-state index is 11.5. The summed E-state index contributed by atoms with van der Waals surface area (Å²) in [6.07, 6.45) is 7.31. The molecule has 0 bridgehead atoms. The molecule has 0 spiro atoms. The highest BCUT2D eigenvalue weighted by atomic mass is 31.2. The monoisotopic (exact) mass is 292 g/mol. The Morgan fingerprint density at radius 3 is 2.21 bits per heavy atom. The molecule has 0 heterocycles. The second kappa shape index (κ2) is 10.2. The van der Waals surface area contributed by atoms with Crippen molar-refractivity contribution < 1.29 is 23.8 Å². The van der Waals surface area contributed by atoms with Crippen LogP contribution in [0.3, 0.4) is 0 Å². The summed E-state index contributed by atoms with van der Waals surface area (Å²) >= 11 is 0. The first-order valence-corrected chi connectivity index (χ1v) is 8.53. The SMILES string of the molecule is C=C(C)C(=O)OOP(=O)(O)CCCCCCCCC. The van der Waals surface area contributed by atoms with Gasteiger partial charge in [-0.05, 0) is 13.3 Å². The maximum atomic E-state index is 11.5. The van der Waals surface area contributed by atoms with Crippen LogP contribution >= 0.6 is 7.60 Å². The summed E-state index contributed by atoms with van der Waals surface area (Å²) in [6, 6.07) is 0. The van der Waals surface area contributed by atoms with Crippen molar-refractivity contribution in [1.82, 2.24) is 0 Å². The second-order valence-corrected chi connectivity index (χ2v) is 6.58. The Kier molecular flexibility index (Phi) is 9.84. The van der Waals surface area contributed by atoms with E-state index in [0.717, 1.165) is 19.3 Å². The molecule has 0 fully saturated rings. The summed E-state index contributed by atoms with van der Waals surface area (Å²) in [4.78, 5) is 24.6. The molecule has 0 rings (SSSR count). The van der Waals surface area contributed by atoms with E-state index in [1.807, 2.05) is 0 Å². The van der Waals surface area contributed by atoms with Gasteiger partial charge >= 0.3 is 13.6 Å². The van der Waals surface area contributed by atoms with Gasteiger partial charge in [-0.25, -0.2) is 4.79 Å². The summed E-state index contributed by atoms with van der Waals surface area (Å²) < 4.78 is 15.8. The fraction of sp³-hybridized carbons (Fsp3) is 0.769. The van der Waals surface area contributed by atoms with E-state index < -0.39 is 13.6 Å². The molecule has 1 atom stereocenters. The number of carbonyl (C=O) groups is 1. The van der Waals surface area contributed by atoms with Crippen molar-refractivity contribution in [3.05, 3.63) is 12.2 Å². The van der Waals surface area contributed by atoms with Gasteiger partial charge in [-0.1, -0.05) is 56.7 Å². The van der Waals surface area contributed by atoms with Gasteiger partial charge in [0, 0.05) is 5.57 Å². The average Bonchev–Trinajstić information content (AvgIpc) is 2.34. The quantitative estimate of drug-likeness (QED) is 0.205. The van der Waals surface area contributed by atoms with Crippen molar-refractivity contribution in [3.63, 3.8) is 0 Å². The molecule has 1 N–H and O–H groups in total. The number of carbonyl (C=O) groups excluding carboxylic acids is 1. The summed E-state index contributed by atoms with van der Waals surface area (Å²) in [5.41, 5.74) is 0.121. The minimum atomic E-state index is -3.83. The average molecular weight is 292 g/mol. The Balaban J connectivity index is 3.65. The van der Waals surface area contributed by atoms with Crippen molar-refractivity contribution in [3.8, 4) is 0 Å². The summed E-state index contributed by atoms with van der Waals surface area (Å²) in [6.45, 7) is 6.93. The van der Waals surface area contributed by atoms with Crippen LogP contribution in [0.4, 0.5) is 0 Å². The minimum absolute atomic E-state index is 0.00421. The summed E-state index contributed by atoms with van der Waals surface area (Å²) in [5, 5.41) is 0. The molecule has 0 radical (unpaired) electrons. The molecule has 5 nitrogen and oxygen atoms in total. The zero-order valence-corrected chi connectivity index (χ0v) is 12.8. The normalized spacial score (nSPS) is 13.8. The lowest BCUT2D eigenvalue weighted by atomic mass is 10.1. The van der Waals surface area contributed by atoms with Crippen LogP contribution in [0.2, 0.25) is 0 Å². The fourth-order valence-corrected chi connectivity index (χ4v) is 2.35. The molecule has 0 amide bonds. The van der Waals surface area contributed by atoms with Gasteiger partial charge in [-0.15, -0.1) is 0 Å². The van der Waals surface area contributed by atoms with Gasteiger partial charge in [-0.2, -0.15) is 0 Å². The van der Waals surface area contributed by atoms with E-state index in [1.165, 1.54) is 26.2 Å². The van der Waals surface area contributed by atoms with Crippen LogP contribution in [0, 0.1) is 0 Å². The van der Waals surface area contributed by atoms with Gasteiger partial charge in [0.25, 0.3) is 0 Å². The molecule has 0 aromatic heterocycles. The smallest absolute Gasteiger partial charge is 0.322 e. The Hall–Kier alpha value is -0.640. The largest absolute Gasteiger partial charge is 0.368 e. The number of hydrogen-bond acceptors (Lipinski definition) is 4. The summed E-state index contributed by atoms with van der Waals surface area (Å²) in [5.74, 6) is -0.825. The van der Waals surface area contributed by atoms with E-state index in [2.05, 4.69) is 23.1 Å². The predicted octanol–water partition coefficient (Wildman–Crippen LogP) is 3.97. The standard InChI is InChI=1S/C13H25O5P/c1-4-5-6-7-8-9-10-11-19(15,16)18-17-13(14)12(2)3/h2,4-11H2,1,3H3,(H,15,16). The van der Waals surface area contributed by atoms with Crippen molar-refractivity contribution in [2.45, 2.75) is 58.8 Å². The third-order valence-electron chi connectivity index (χ3n) is 2.62. The van der Waals surface area contributed by atoms with E-state index in [9.17, 15) is 14.3 Å². The van der Waals surface area contributed by atoms with E-state index in [1.54, 1.807) is 0 Å². The fourth-order valence-electron chi connectivity index (χ4n) is 1.47. The highest BCUT2D eigenvalue weighted by molar-refractivity contribution is 7.52. The first-order valence-electron chi connectivity index (χ1n) is 6.77. The Morgan fingerprint density at radius 1 is 1.16 bits per heavy atom. The van der Waals surface area contributed by atoms with Gasteiger partial charge in [0.05, 0.1) is 6.16 Å². The molecule has 0 aliphatic heterocycles. The highest BCUT2D eigenvalue weighted by Gasteiger charge is 2.22. The summed E-state index contributed by atoms with van der Waals surface area (Å²) in [7, 11) is -3.83. The van der Waals surface area contributed by atoms with Gasteiger partial charge in [0.15, 0.2) is 0 Å². The van der Waals surface area contributed by atoms with Crippen LogP contribution in [0.25, 0.3) is 0 Å². The molecule has 6 heteroatoms. The third kappa shape index (κ3) is 10.9. The van der Waals surface area contributed by atoms with Crippen LogP contribution in [0.5, 0.6) is 0 Å². The first kappa shape index (κ1) is 18.4. The van der Waals surface area contributed by atoms with Crippen molar-refractivity contribution >= 4 is 13.6 Å². The number of unbranched alkanes of at least 4 members (excludes halogenated alkanes) is 6. The van der Waals surface area contributed by atoms with E-state index >= 15 is 0 Å². The third-order valence-corrected chi connectivity index (χ3v) is 3.81. The molecule has 0 aliphatic carbocycles. The predicted molar refractivity (Wildman–Crippen MR) is 74.7 cm³/mol. The van der Waals surface area contributed by atoms with Crippen LogP contribution in [-0.4, -0.2) is 17.0 Å². The Bertz CT molecular complexity index is 327. The second-order valence-electron chi connectivity index (χ2n) is 4.71. The molecule has 0 aromatic carbocycles. The molecule has 1 unspecified atom stereocenters. The lowest BCUT2D eigenvalue weighted by molar-refractivity contribution is -0.212. The molecule has 0 saturated heterocycles. The van der Waals surface area contributed by atoms with Crippen molar-refractivity contribution in [2.75, 3.05) is 6.16 Å². The zero-order chi connectivity index (χ0) is 14.7. The molecule has 0 saturated carbocycles. The van der Waals surface area contributed by atoms with E-state index in [4.69, 9.17) is 0 Å². The Labute approximate surface area is 115 Å². The molecular weight excluding hydrogens is 267 g/mol. The molecular formula is C13H25O5P.